The summed E-state index contributed by atoms with van der Waals surface area (Å²) in [4.78, 5) is 0. The number of anilines is 2. The number of halogens is 1. The smallest absolute Gasteiger partial charge is 0.370 e. The predicted molar refractivity (Wildman–Crippen MR) is 126 cm³/mol. The van der Waals surface area contributed by atoms with Crippen LogP contribution in [0.15, 0.2) is 91.0 Å². The Kier molecular flexibility index (Phi) is 5.14. The predicted octanol–water partition coefficient (Wildman–Crippen LogP) is 6.72. The van der Waals surface area contributed by atoms with Crippen LogP contribution in [0.5, 0.6) is 0 Å². The number of rotatable bonds is 6. The molecule has 30 heavy (non-hydrogen) atoms. The fourth-order valence-corrected chi connectivity index (χ4v) is 4.54. The van der Waals surface area contributed by atoms with E-state index in [2.05, 4.69) is 77.2 Å². The molecule has 0 spiro atoms. The van der Waals surface area contributed by atoms with Gasteiger partial charge in [0.05, 0.1) is 0 Å². The van der Waals surface area contributed by atoms with Crippen molar-refractivity contribution in [3.8, 4) is 0 Å². The highest BCUT2D eigenvalue weighted by Crippen LogP contribution is 2.36. The highest BCUT2D eigenvalue weighted by atomic mass is 19.1. The molecule has 148 valence electrons. The van der Waals surface area contributed by atoms with Gasteiger partial charge in [0.1, 0.15) is 5.82 Å². The minimum atomic E-state index is -0.185. The van der Waals surface area contributed by atoms with Crippen molar-refractivity contribution in [3.63, 3.8) is 0 Å². The van der Waals surface area contributed by atoms with Crippen LogP contribution in [-0.4, -0.2) is 6.98 Å². The van der Waals surface area contributed by atoms with Gasteiger partial charge >= 0.3 is 6.98 Å². The standard InChI is InChI=1S/C26H24BFN2/c28-23-16-14-20(15-17-23)22(13-12-19-6-2-1-3-7-19)18-27-29-24-10-4-8-21-9-5-11-25(30-27)26(21)24/h1-11,14-17,22,29-30H,12-13,18H2/t22-/m0/s1. The van der Waals surface area contributed by atoms with Gasteiger partial charge in [0.25, 0.3) is 0 Å². The lowest BCUT2D eigenvalue weighted by Gasteiger charge is -2.29. The van der Waals surface area contributed by atoms with E-state index in [1.807, 2.05) is 12.1 Å². The van der Waals surface area contributed by atoms with Gasteiger partial charge in [-0.3, -0.25) is 0 Å². The van der Waals surface area contributed by atoms with Crippen LogP contribution in [0.1, 0.15) is 23.5 Å². The first-order valence-electron chi connectivity index (χ1n) is 10.6. The van der Waals surface area contributed by atoms with Gasteiger partial charge in [-0.1, -0.05) is 66.7 Å². The lowest BCUT2D eigenvalue weighted by molar-refractivity contribution is 0.622. The Morgan fingerprint density at radius 1 is 0.733 bits per heavy atom. The first-order chi connectivity index (χ1) is 14.8. The van der Waals surface area contributed by atoms with E-state index in [-0.39, 0.29) is 12.8 Å². The second-order valence-corrected chi connectivity index (χ2v) is 8.06. The van der Waals surface area contributed by atoms with E-state index in [0.717, 1.165) is 19.2 Å². The van der Waals surface area contributed by atoms with E-state index in [1.165, 1.54) is 33.3 Å². The van der Waals surface area contributed by atoms with Crippen LogP contribution >= 0.6 is 0 Å². The molecule has 0 radical (unpaired) electrons. The Labute approximate surface area is 177 Å². The lowest BCUT2D eigenvalue weighted by Crippen LogP contribution is -2.38. The van der Waals surface area contributed by atoms with Gasteiger partial charge in [-0.05, 0) is 65.9 Å². The zero-order chi connectivity index (χ0) is 20.3. The normalized spacial score (nSPS) is 13.6. The third-order valence-corrected chi connectivity index (χ3v) is 6.05. The van der Waals surface area contributed by atoms with Crippen LogP contribution in [0.2, 0.25) is 6.32 Å². The Hall–Kier alpha value is -3.27. The zero-order valence-corrected chi connectivity index (χ0v) is 16.8. The first-order valence-corrected chi connectivity index (χ1v) is 10.6. The third kappa shape index (κ3) is 3.91. The fourth-order valence-electron chi connectivity index (χ4n) is 4.54. The van der Waals surface area contributed by atoms with E-state index in [1.54, 1.807) is 12.1 Å². The average molecular weight is 394 g/mol. The summed E-state index contributed by atoms with van der Waals surface area (Å²) >= 11 is 0. The van der Waals surface area contributed by atoms with Gasteiger partial charge in [0, 0.05) is 16.8 Å². The monoisotopic (exact) mass is 394 g/mol. The number of hydrogen-bond donors (Lipinski definition) is 2. The minimum Gasteiger partial charge on any atom is -0.409 e. The Morgan fingerprint density at radius 2 is 1.40 bits per heavy atom. The maximum atomic E-state index is 13.5. The average Bonchev–Trinajstić information content (AvgIpc) is 2.78. The molecule has 0 aromatic heterocycles. The molecule has 4 aromatic carbocycles. The maximum Gasteiger partial charge on any atom is 0.370 e. The molecule has 2 nitrogen and oxygen atoms in total. The van der Waals surface area contributed by atoms with E-state index < -0.39 is 0 Å². The summed E-state index contributed by atoms with van der Waals surface area (Å²) in [5.74, 6) is 0.135. The Bertz CT molecular complexity index is 1100. The SMILES string of the molecule is Fc1ccc([C@@H](CCc2ccccc2)CB2Nc3cccc4cccc(c34)N2)cc1. The number of benzene rings is 4. The van der Waals surface area contributed by atoms with Crippen LogP contribution in [0.25, 0.3) is 10.8 Å². The Morgan fingerprint density at radius 3 is 2.07 bits per heavy atom. The van der Waals surface area contributed by atoms with E-state index >= 15 is 0 Å². The highest BCUT2D eigenvalue weighted by molar-refractivity contribution is 6.68. The third-order valence-electron chi connectivity index (χ3n) is 6.05. The van der Waals surface area contributed by atoms with Gasteiger partial charge in [-0.15, -0.1) is 0 Å². The molecule has 0 saturated carbocycles. The molecule has 4 aromatic rings. The Balaban J connectivity index is 1.38. The van der Waals surface area contributed by atoms with Crippen molar-refractivity contribution in [1.29, 1.82) is 0 Å². The molecule has 0 fully saturated rings. The number of hydrogen-bond acceptors (Lipinski definition) is 2. The van der Waals surface area contributed by atoms with E-state index in [0.29, 0.717) is 5.92 Å². The van der Waals surface area contributed by atoms with Crippen LogP contribution in [0.3, 0.4) is 0 Å². The number of aryl methyl sites for hydroxylation is 1. The van der Waals surface area contributed by atoms with E-state index in [4.69, 9.17) is 0 Å². The maximum absolute atomic E-state index is 13.5. The molecule has 1 aliphatic rings. The van der Waals surface area contributed by atoms with Crippen molar-refractivity contribution in [1.82, 2.24) is 0 Å². The largest absolute Gasteiger partial charge is 0.409 e. The van der Waals surface area contributed by atoms with Crippen molar-refractivity contribution in [2.75, 3.05) is 10.5 Å². The molecular formula is C26H24BFN2. The summed E-state index contributed by atoms with van der Waals surface area (Å²) in [6.45, 7) is 0.122. The lowest BCUT2D eigenvalue weighted by atomic mass is 9.63. The fraction of sp³-hybridized carbons (Fsp3) is 0.154. The summed E-state index contributed by atoms with van der Waals surface area (Å²) in [5, 5.41) is 9.86. The molecule has 0 amide bonds. The summed E-state index contributed by atoms with van der Waals surface area (Å²) in [5.41, 5.74) is 4.87. The first kappa shape index (κ1) is 18.7. The van der Waals surface area contributed by atoms with Crippen molar-refractivity contribution in [2.45, 2.75) is 25.1 Å². The van der Waals surface area contributed by atoms with Crippen LogP contribution in [0.4, 0.5) is 15.8 Å². The minimum absolute atomic E-state index is 0.122. The molecule has 1 heterocycles. The molecule has 4 heteroatoms. The molecule has 5 rings (SSSR count). The molecule has 0 bridgehead atoms. The van der Waals surface area contributed by atoms with Crippen molar-refractivity contribution in [2.24, 2.45) is 0 Å². The molecule has 0 aliphatic carbocycles. The number of nitrogens with one attached hydrogen (secondary N) is 2. The molecule has 0 saturated heterocycles. The van der Waals surface area contributed by atoms with Crippen molar-refractivity contribution >= 4 is 29.1 Å². The van der Waals surface area contributed by atoms with E-state index in [9.17, 15) is 4.39 Å². The second-order valence-electron chi connectivity index (χ2n) is 8.06. The molecule has 1 aliphatic heterocycles. The van der Waals surface area contributed by atoms with Gasteiger partial charge in [-0.25, -0.2) is 4.39 Å². The van der Waals surface area contributed by atoms with Crippen molar-refractivity contribution < 1.29 is 4.39 Å². The second kappa shape index (κ2) is 8.23. The quantitative estimate of drug-likeness (QED) is 0.355. The van der Waals surface area contributed by atoms with Crippen LogP contribution < -0.4 is 10.5 Å². The van der Waals surface area contributed by atoms with Crippen LogP contribution in [0, 0.1) is 5.82 Å². The summed E-state index contributed by atoms with van der Waals surface area (Å²) < 4.78 is 13.5. The highest BCUT2D eigenvalue weighted by Gasteiger charge is 2.27. The van der Waals surface area contributed by atoms with Gasteiger partial charge < -0.3 is 10.5 Å². The molecule has 0 unspecified atom stereocenters. The molecule has 1 atom stereocenters. The van der Waals surface area contributed by atoms with Crippen molar-refractivity contribution in [3.05, 3.63) is 108 Å². The zero-order valence-electron chi connectivity index (χ0n) is 16.8. The molecular weight excluding hydrogens is 370 g/mol. The van der Waals surface area contributed by atoms with Gasteiger partial charge in [0.2, 0.25) is 0 Å². The summed E-state index contributed by atoms with van der Waals surface area (Å²) in [7, 11) is 0. The van der Waals surface area contributed by atoms with Crippen LogP contribution in [-0.2, 0) is 6.42 Å². The topological polar surface area (TPSA) is 24.1 Å². The summed E-state index contributed by atoms with van der Waals surface area (Å²) in [6, 6.07) is 30.4. The van der Waals surface area contributed by atoms with Gasteiger partial charge in [-0.2, -0.15) is 0 Å². The van der Waals surface area contributed by atoms with Gasteiger partial charge in [0.15, 0.2) is 0 Å². The molecule has 2 N–H and O–H groups in total. The summed E-state index contributed by atoms with van der Waals surface area (Å²) in [6.07, 6.45) is 2.94.